The van der Waals surface area contributed by atoms with Crippen LogP contribution in [-0.4, -0.2) is 26.2 Å². The molecule has 0 saturated heterocycles. The molecule has 3 rings (SSSR count). The highest BCUT2D eigenvalue weighted by atomic mass is 19.4. The SMILES string of the molecule is FC(F)(F)c1ccccc1NCCNCCNc1cccc2ccccc12. The van der Waals surface area contributed by atoms with E-state index in [1.807, 2.05) is 24.3 Å². The van der Waals surface area contributed by atoms with Gasteiger partial charge >= 0.3 is 6.18 Å². The van der Waals surface area contributed by atoms with Gasteiger partial charge in [-0.3, -0.25) is 0 Å². The van der Waals surface area contributed by atoms with Crippen LogP contribution >= 0.6 is 0 Å². The number of nitrogens with one attached hydrogen (secondary N) is 3. The van der Waals surface area contributed by atoms with Crippen LogP contribution in [0, 0.1) is 0 Å². The Hall–Kier alpha value is -2.73. The van der Waals surface area contributed by atoms with Crippen molar-refractivity contribution in [3.8, 4) is 0 Å². The smallest absolute Gasteiger partial charge is 0.383 e. The minimum Gasteiger partial charge on any atom is -0.383 e. The first-order valence-corrected chi connectivity index (χ1v) is 8.88. The Morgan fingerprint density at radius 1 is 0.630 bits per heavy atom. The normalized spacial score (nSPS) is 11.5. The highest BCUT2D eigenvalue weighted by molar-refractivity contribution is 5.93. The van der Waals surface area contributed by atoms with Crippen LogP contribution in [0.1, 0.15) is 5.56 Å². The first kappa shape index (κ1) is 19.0. The zero-order valence-corrected chi connectivity index (χ0v) is 14.8. The Balaban J connectivity index is 1.40. The topological polar surface area (TPSA) is 36.1 Å². The molecule has 0 fully saturated rings. The lowest BCUT2D eigenvalue weighted by molar-refractivity contribution is -0.136. The molecule has 0 bridgehead atoms. The summed E-state index contributed by atoms with van der Waals surface area (Å²) in [4.78, 5) is 0. The van der Waals surface area contributed by atoms with Gasteiger partial charge in [-0.25, -0.2) is 0 Å². The second-order valence-corrected chi connectivity index (χ2v) is 6.17. The van der Waals surface area contributed by atoms with Crippen molar-refractivity contribution in [1.29, 1.82) is 0 Å². The Bertz CT molecular complexity index is 872. The Morgan fingerprint density at radius 2 is 1.22 bits per heavy atom. The summed E-state index contributed by atoms with van der Waals surface area (Å²) in [5.74, 6) is 0. The van der Waals surface area contributed by atoms with Gasteiger partial charge in [0.05, 0.1) is 5.56 Å². The molecule has 6 heteroatoms. The van der Waals surface area contributed by atoms with E-state index in [1.54, 1.807) is 6.07 Å². The predicted octanol–water partition coefficient (Wildman–Crippen LogP) is 4.97. The molecule has 3 nitrogen and oxygen atoms in total. The van der Waals surface area contributed by atoms with Crippen molar-refractivity contribution in [3.63, 3.8) is 0 Å². The summed E-state index contributed by atoms with van der Waals surface area (Å²) in [5.41, 5.74) is 0.551. The molecule has 0 aliphatic heterocycles. The number of halogens is 3. The lowest BCUT2D eigenvalue weighted by Gasteiger charge is -2.15. The first-order valence-electron chi connectivity index (χ1n) is 8.88. The molecule has 0 saturated carbocycles. The van der Waals surface area contributed by atoms with Crippen LogP contribution in [0.5, 0.6) is 0 Å². The summed E-state index contributed by atoms with van der Waals surface area (Å²) in [5, 5.41) is 11.8. The second-order valence-electron chi connectivity index (χ2n) is 6.17. The minimum absolute atomic E-state index is 0.112. The van der Waals surface area contributed by atoms with Gasteiger partial charge in [0, 0.05) is 42.9 Å². The number of hydrogen-bond donors (Lipinski definition) is 3. The lowest BCUT2D eigenvalue weighted by Crippen LogP contribution is -2.27. The van der Waals surface area contributed by atoms with Crippen LogP contribution in [0.2, 0.25) is 0 Å². The van der Waals surface area contributed by atoms with Crippen LogP contribution in [0.25, 0.3) is 10.8 Å². The van der Waals surface area contributed by atoms with Crippen LogP contribution in [-0.2, 0) is 6.18 Å². The lowest BCUT2D eigenvalue weighted by atomic mass is 10.1. The number of alkyl halides is 3. The third-order valence-corrected chi connectivity index (χ3v) is 4.26. The zero-order chi connectivity index (χ0) is 19.1. The van der Waals surface area contributed by atoms with E-state index >= 15 is 0 Å². The van der Waals surface area contributed by atoms with Crippen molar-refractivity contribution >= 4 is 22.1 Å². The van der Waals surface area contributed by atoms with Crippen LogP contribution < -0.4 is 16.0 Å². The predicted molar refractivity (Wildman–Crippen MR) is 105 cm³/mol. The molecular weight excluding hydrogens is 351 g/mol. The number of hydrogen-bond acceptors (Lipinski definition) is 3. The molecule has 0 unspecified atom stereocenters. The largest absolute Gasteiger partial charge is 0.418 e. The molecule has 3 aromatic carbocycles. The van der Waals surface area contributed by atoms with Crippen LogP contribution in [0.4, 0.5) is 24.5 Å². The number of rotatable bonds is 8. The van der Waals surface area contributed by atoms with Crippen LogP contribution in [0.15, 0.2) is 66.7 Å². The summed E-state index contributed by atoms with van der Waals surface area (Å²) in [7, 11) is 0. The second kappa shape index (κ2) is 8.77. The monoisotopic (exact) mass is 373 g/mol. The van der Waals surface area contributed by atoms with Gasteiger partial charge < -0.3 is 16.0 Å². The van der Waals surface area contributed by atoms with E-state index in [9.17, 15) is 13.2 Å². The molecule has 0 amide bonds. The van der Waals surface area contributed by atoms with Crippen LogP contribution in [0.3, 0.4) is 0 Å². The van der Waals surface area contributed by atoms with E-state index < -0.39 is 11.7 Å². The molecule has 0 aliphatic rings. The highest BCUT2D eigenvalue weighted by Gasteiger charge is 2.32. The van der Waals surface area contributed by atoms with Gasteiger partial charge in [0.25, 0.3) is 0 Å². The molecule has 3 aromatic rings. The quantitative estimate of drug-likeness (QED) is 0.488. The van der Waals surface area contributed by atoms with Crippen molar-refractivity contribution in [2.24, 2.45) is 0 Å². The maximum Gasteiger partial charge on any atom is 0.418 e. The van der Waals surface area contributed by atoms with Crippen molar-refractivity contribution in [1.82, 2.24) is 5.32 Å². The average molecular weight is 373 g/mol. The Kier molecular flexibility index (Phi) is 6.19. The molecule has 0 atom stereocenters. The maximum absolute atomic E-state index is 12.9. The highest BCUT2D eigenvalue weighted by Crippen LogP contribution is 2.34. The molecule has 0 aliphatic carbocycles. The number of fused-ring (bicyclic) bond motifs is 1. The molecule has 0 spiro atoms. The van der Waals surface area contributed by atoms with E-state index in [0.29, 0.717) is 19.6 Å². The van der Waals surface area contributed by atoms with Gasteiger partial charge in [0.2, 0.25) is 0 Å². The summed E-state index contributed by atoms with van der Waals surface area (Å²) >= 11 is 0. The van der Waals surface area contributed by atoms with Gasteiger partial charge in [0.1, 0.15) is 0 Å². The fraction of sp³-hybridized carbons (Fsp3) is 0.238. The summed E-state index contributed by atoms with van der Waals surface area (Å²) in [6.45, 7) is 2.43. The van der Waals surface area contributed by atoms with Gasteiger partial charge in [-0.2, -0.15) is 13.2 Å². The van der Waals surface area contributed by atoms with Crippen molar-refractivity contribution in [3.05, 3.63) is 72.3 Å². The van der Waals surface area contributed by atoms with E-state index in [1.165, 1.54) is 22.9 Å². The van der Waals surface area contributed by atoms with Gasteiger partial charge in [-0.15, -0.1) is 0 Å². The molecule has 27 heavy (non-hydrogen) atoms. The maximum atomic E-state index is 12.9. The Labute approximate surface area is 156 Å². The molecule has 142 valence electrons. The van der Waals surface area contributed by atoms with E-state index in [0.717, 1.165) is 18.3 Å². The molecule has 0 radical (unpaired) electrons. The van der Waals surface area contributed by atoms with Gasteiger partial charge in [-0.1, -0.05) is 48.5 Å². The summed E-state index contributed by atoms with van der Waals surface area (Å²) in [6, 6.07) is 19.8. The molecular formula is C21H22F3N3. The third-order valence-electron chi connectivity index (χ3n) is 4.26. The van der Waals surface area contributed by atoms with Crippen molar-refractivity contribution < 1.29 is 13.2 Å². The molecule has 0 aromatic heterocycles. The fourth-order valence-corrected chi connectivity index (χ4v) is 2.96. The van der Waals surface area contributed by atoms with Gasteiger partial charge in [0.15, 0.2) is 0 Å². The average Bonchev–Trinajstić information content (AvgIpc) is 2.67. The van der Waals surface area contributed by atoms with Gasteiger partial charge in [-0.05, 0) is 23.6 Å². The first-order chi connectivity index (χ1) is 13.1. The number of anilines is 2. The number of benzene rings is 3. The van der Waals surface area contributed by atoms with E-state index in [-0.39, 0.29) is 5.69 Å². The van der Waals surface area contributed by atoms with E-state index in [2.05, 4.69) is 34.1 Å². The Morgan fingerprint density at radius 3 is 2.00 bits per heavy atom. The molecule has 3 N–H and O–H groups in total. The minimum atomic E-state index is -4.35. The number of para-hydroxylation sites is 1. The third kappa shape index (κ3) is 5.14. The fourth-order valence-electron chi connectivity index (χ4n) is 2.96. The summed E-state index contributed by atoms with van der Waals surface area (Å²) < 4.78 is 38.8. The summed E-state index contributed by atoms with van der Waals surface area (Å²) in [6.07, 6.45) is -4.35. The van der Waals surface area contributed by atoms with Crippen molar-refractivity contribution in [2.75, 3.05) is 36.8 Å². The zero-order valence-electron chi connectivity index (χ0n) is 14.8. The standard InChI is InChI=1S/C21H22F3N3/c22-21(23,24)18-9-3-4-10-20(18)27-15-13-25-12-14-26-19-11-5-7-16-6-1-2-8-17(16)19/h1-11,25-27H,12-15H2. The van der Waals surface area contributed by atoms with Crippen molar-refractivity contribution in [2.45, 2.75) is 6.18 Å². The van der Waals surface area contributed by atoms with E-state index in [4.69, 9.17) is 0 Å². The molecule has 0 heterocycles.